The number of rotatable bonds is 5. The van der Waals surface area contributed by atoms with Crippen LogP contribution in [0.1, 0.15) is 26.7 Å². The average Bonchev–Trinajstić information content (AvgIpc) is 2.04. The molecule has 0 aliphatic rings. The normalized spacial score (nSPS) is 12.7. The zero-order chi connectivity index (χ0) is 9.56. The van der Waals surface area contributed by atoms with E-state index in [1.54, 1.807) is 4.90 Å². The van der Waals surface area contributed by atoms with E-state index in [0.717, 1.165) is 24.7 Å². The van der Waals surface area contributed by atoms with Crippen molar-refractivity contribution in [3.05, 3.63) is 0 Å². The van der Waals surface area contributed by atoms with E-state index >= 15 is 0 Å². The number of nitrogens with zero attached hydrogens (tertiary/aromatic N) is 1. The van der Waals surface area contributed by atoms with Gasteiger partial charge in [-0.1, -0.05) is 36.2 Å². The molecule has 0 radical (unpaired) electrons. The number of amides is 1. The van der Waals surface area contributed by atoms with Crippen molar-refractivity contribution >= 4 is 21.8 Å². The smallest absolute Gasteiger partial charge is 0.225 e. The Bertz CT molecular complexity index is 124. The molecule has 1 unspecified atom stereocenters. The van der Waals surface area contributed by atoms with Gasteiger partial charge in [-0.05, 0) is 6.42 Å². The van der Waals surface area contributed by atoms with E-state index in [4.69, 9.17) is 0 Å². The Labute approximate surface area is 83.4 Å². The fourth-order valence-corrected chi connectivity index (χ4v) is 1.70. The predicted octanol–water partition coefficient (Wildman–Crippen LogP) is 2.28. The second kappa shape index (κ2) is 6.46. The molecule has 0 aliphatic heterocycles. The predicted molar refractivity (Wildman–Crippen MR) is 55.5 cm³/mol. The lowest BCUT2D eigenvalue weighted by atomic mass is 10.1. The SMILES string of the molecule is CCCC(C)C(=O)N(C)CCBr. The first-order valence-corrected chi connectivity index (χ1v) is 5.56. The van der Waals surface area contributed by atoms with Crippen molar-refractivity contribution in [2.75, 3.05) is 18.9 Å². The Morgan fingerprint density at radius 2 is 2.17 bits per heavy atom. The van der Waals surface area contributed by atoms with Gasteiger partial charge in [-0.3, -0.25) is 4.79 Å². The first-order valence-electron chi connectivity index (χ1n) is 4.44. The second-order valence-electron chi connectivity index (χ2n) is 3.14. The van der Waals surface area contributed by atoms with Crippen molar-refractivity contribution in [2.24, 2.45) is 5.92 Å². The second-order valence-corrected chi connectivity index (χ2v) is 3.93. The Morgan fingerprint density at radius 1 is 1.58 bits per heavy atom. The molecular formula is C9H18BrNO. The van der Waals surface area contributed by atoms with E-state index in [2.05, 4.69) is 22.9 Å². The summed E-state index contributed by atoms with van der Waals surface area (Å²) < 4.78 is 0. The average molecular weight is 236 g/mol. The Morgan fingerprint density at radius 3 is 2.58 bits per heavy atom. The fraction of sp³-hybridized carbons (Fsp3) is 0.889. The van der Waals surface area contributed by atoms with Gasteiger partial charge in [0.15, 0.2) is 0 Å². The van der Waals surface area contributed by atoms with Crippen LogP contribution >= 0.6 is 15.9 Å². The molecule has 0 heterocycles. The lowest BCUT2D eigenvalue weighted by molar-refractivity contribution is -0.133. The molecule has 0 aliphatic carbocycles. The van der Waals surface area contributed by atoms with Crippen molar-refractivity contribution < 1.29 is 4.79 Å². The van der Waals surface area contributed by atoms with Crippen molar-refractivity contribution in [2.45, 2.75) is 26.7 Å². The van der Waals surface area contributed by atoms with Gasteiger partial charge in [0.05, 0.1) is 0 Å². The highest BCUT2D eigenvalue weighted by molar-refractivity contribution is 9.09. The summed E-state index contributed by atoms with van der Waals surface area (Å²) in [6.45, 7) is 4.90. The van der Waals surface area contributed by atoms with Crippen LogP contribution in [0, 0.1) is 5.92 Å². The first kappa shape index (κ1) is 11.9. The Hall–Kier alpha value is -0.0500. The van der Waals surface area contributed by atoms with Crippen LogP contribution in [0.4, 0.5) is 0 Å². The molecule has 0 bridgehead atoms. The highest BCUT2D eigenvalue weighted by Crippen LogP contribution is 2.08. The van der Waals surface area contributed by atoms with Gasteiger partial charge in [-0.2, -0.15) is 0 Å². The molecule has 0 aromatic heterocycles. The fourth-order valence-electron chi connectivity index (χ4n) is 1.17. The molecule has 72 valence electrons. The molecule has 2 nitrogen and oxygen atoms in total. The van der Waals surface area contributed by atoms with Crippen LogP contribution in [0.3, 0.4) is 0 Å². The maximum absolute atomic E-state index is 11.5. The van der Waals surface area contributed by atoms with Crippen LogP contribution in [-0.2, 0) is 4.79 Å². The molecule has 1 amide bonds. The summed E-state index contributed by atoms with van der Waals surface area (Å²) in [5, 5.41) is 0.855. The van der Waals surface area contributed by atoms with Crippen LogP contribution in [0.25, 0.3) is 0 Å². The van der Waals surface area contributed by atoms with Gasteiger partial charge < -0.3 is 4.90 Å². The van der Waals surface area contributed by atoms with E-state index in [0.29, 0.717) is 0 Å². The summed E-state index contributed by atoms with van der Waals surface area (Å²) in [6, 6.07) is 0. The zero-order valence-electron chi connectivity index (χ0n) is 8.14. The quantitative estimate of drug-likeness (QED) is 0.670. The molecule has 0 rings (SSSR count). The van der Waals surface area contributed by atoms with Crippen molar-refractivity contribution in [3.8, 4) is 0 Å². The minimum absolute atomic E-state index is 0.180. The summed E-state index contributed by atoms with van der Waals surface area (Å²) >= 11 is 3.31. The lowest BCUT2D eigenvalue weighted by Gasteiger charge is -2.19. The summed E-state index contributed by atoms with van der Waals surface area (Å²) in [7, 11) is 1.86. The van der Waals surface area contributed by atoms with Crippen LogP contribution in [-0.4, -0.2) is 29.7 Å². The molecule has 1 atom stereocenters. The molecule has 0 saturated carbocycles. The number of carbonyl (C=O) groups excluding carboxylic acids is 1. The highest BCUT2D eigenvalue weighted by Gasteiger charge is 2.15. The van der Waals surface area contributed by atoms with Crippen molar-refractivity contribution in [3.63, 3.8) is 0 Å². The third-order valence-corrected chi connectivity index (χ3v) is 2.29. The number of alkyl halides is 1. The molecule has 0 fully saturated rings. The van der Waals surface area contributed by atoms with Crippen molar-refractivity contribution in [1.29, 1.82) is 0 Å². The monoisotopic (exact) mass is 235 g/mol. The molecule has 0 spiro atoms. The van der Waals surface area contributed by atoms with Gasteiger partial charge in [0.25, 0.3) is 0 Å². The number of carbonyl (C=O) groups is 1. The Balaban J connectivity index is 3.82. The molecule has 3 heteroatoms. The van der Waals surface area contributed by atoms with E-state index < -0.39 is 0 Å². The molecule has 0 aromatic rings. The van der Waals surface area contributed by atoms with Gasteiger partial charge in [-0.25, -0.2) is 0 Å². The summed E-state index contributed by atoms with van der Waals surface area (Å²) in [4.78, 5) is 13.3. The zero-order valence-corrected chi connectivity index (χ0v) is 9.73. The lowest BCUT2D eigenvalue weighted by Crippen LogP contribution is -2.32. The van der Waals surface area contributed by atoms with Gasteiger partial charge in [0.1, 0.15) is 0 Å². The highest BCUT2D eigenvalue weighted by atomic mass is 79.9. The number of hydrogen-bond acceptors (Lipinski definition) is 1. The molecule has 0 N–H and O–H groups in total. The minimum Gasteiger partial charge on any atom is -0.345 e. The van der Waals surface area contributed by atoms with Crippen LogP contribution in [0.5, 0.6) is 0 Å². The summed E-state index contributed by atoms with van der Waals surface area (Å²) in [5.41, 5.74) is 0. The van der Waals surface area contributed by atoms with E-state index in [1.165, 1.54) is 0 Å². The molecule has 0 saturated heterocycles. The number of hydrogen-bond donors (Lipinski definition) is 0. The van der Waals surface area contributed by atoms with Crippen LogP contribution < -0.4 is 0 Å². The largest absolute Gasteiger partial charge is 0.345 e. The molecule has 12 heavy (non-hydrogen) atoms. The van der Waals surface area contributed by atoms with E-state index in [1.807, 2.05) is 14.0 Å². The van der Waals surface area contributed by atoms with Gasteiger partial charge >= 0.3 is 0 Å². The minimum atomic E-state index is 0.180. The van der Waals surface area contributed by atoms with Gasteiger partial charge in [-0.15, -0.1) is 0 Å². The maximum Gasteiger partial charge on any atom is 0.225 e. The van der Waals surface area contributed by atoms with Crippen molar-refractivity contribution in [1.82, 2.24) is 4.90 Å². The summed E-state index contributed by atoms with van der Waals surface area (Å²) in [6.07, 6.45) is 2.07. The third kappa shape index (κ3) is 4.10. The maximum atomic E-state index is 11.5. The summed E-state index contributed by atoms with van der Waals surface area (Å²) in [5.74, 6) is 0.440. The third-order valence-electron chi connectivity index (χ3n) is 1.94. The Kier molecular flexibility index (Phi) is 6.44. The topological polar surface area (TPSA) is 20.3 Å². The van der Waals surface area contributed by atoms with E-state index in [-0.39, 0.29) is 11.8 Å². The first-order chi connectivity index (χ1) is 5.63. The van der Waals surface area contributed by atoms with Crippen LogP contribution in [0.15, 0.2) is 0 Å². The van der Waals surface area contributed by atoms with E-state index in [9.17, 15) is 4.79 Å². The molecule has 0 aromatic carbocycles. The standard InChI is InChI=1S/C9H18BrNO/c1-4-5-8(2)9(12)11(3)7-6-10/h8H,4-7H2,1-3H3. The van der Waals surface area contributed by atoms with Gasteiger partial charge in [0, 0.05) is 24.8 Å². The van der Waals surface area contributed by atoms with Crippen LogP contribution in [0.2, 0.25) is 0 Å². The molecular weight excluding hydrogens is 218 g/mol. The van der Waals surface area contributed by atoms with Gasteiger partial charge in [0.2, 0.25) is 5.91 Å². The number of halogens is 1.